The molecule has 2 fully saturated rings. The molecule has 3 rings (SSSR count). The van der Waals surface area contributed by atoms with Crippen molar-refractivity contribution < 1.29 is 9.53 Å². The molecule has 0 aliphatic carbocycles. The molecule has 7 nitrogen and oxygen atoms in total. The molecule has 0 unspecified atom stereocenters. The molecule has 0 bridgehead atoms. The van der Waals surface area contributed by atoms with Gasteiger partial charge in [-0.05, 0) is 32.3 Å². The Hall–Kier alpha value is -1.89. The molecular weight excluding hydrogens is 306 g/mol. The van der Waals surface area contributed by atoms with E-state index in [0.717, 1.165) is 64.6 Å². The molecule has 2 atom stereocenters. The summed E-state index contributed by atoms with van der Waals surface area (Å²) in [5, 5.41) is 3.19. The molecule has 0 saturated carbocycles. The summed E-state index contributed by atoms with van der Waals surface area (Å²) in [7, 11) is 0. The van der Waals surface area contributed by atoms with Crippen molar-refractivity contribution in [3.63, 3.8) is 0 Å². The molecular formula is C17H27N5O2. The molecule has 1 aromatic rings. The molecule has 7 heteroatoms. The smallest absolute Gasteiger partial charge is 0.317 e. The van der Waals surface area contributed by atoms with Crippen molar-refractivity contribution in [3.05, 3.63) is 18.5 Å². The van der Waals surface area contributed by atoms with Gasteiger partial charge in [-0.2, -0.15) is 0 Å². The lowest BCUT2D eigenvalue weighted by molar-refractivity contribution is 0.164. The first-order valence-electron chi connectivity index (χ1n) is 8.91. The predicted molar refractivity (Wildman–Crippen MR) is 92.0 cm³/mol. The zero-order valence-electron chi connectivity index (χ0n) is 14.4. The van der Waals surface area contributed by atoms with Crippen LogP contribution in [0.3, 0.4) is 0 Å². The van der Waals surface area contributed by atoms with E-state index in [4.69, 9.17) is 4.74 Å². The molecule has 24 heavy (non-hydrogen) atoms. The van der Waals surface area contributed by atoms with Crippen LogP contribution in [0, 0.1) is 5.92 Å². The monoisotopic (exact) mass is 333 g/mol. The first kappa shape index (κ1) is 17.0. The summed E-state index contributed by atoms with van der Waals surface area (Å²) in [4.78, 5) is 25.3. The van der Waals surface area contributed by atoms with Gasteiger partial charge in [0.15, 0.2) is 0 Å². The van der Waals surface area contributed by atoms with E-state index in [1.807, 2.05) is 17.9 Å². The number of nitrogens with one attached hydrogen (secondary N) is 1. The van der Waals surface area contributed by atoms with E-state index in [1.165, 1.54) is 0 Å². The van der Waals surface area contributed by atoms with Gasteiger partial charge < -0.3 is 19.9 Å². The van der Waals surface area contributed by atoms with Crippen molar-refractivity contribution in [2.75, 3.05) is 44.3 Å². The Bertz CT molecular complexity index is 521. The number of ether oxygens (including phenoxy) is 1. The Morgan fingerprint density at radius 1 is 1.42 bits per heavy atom. The maximum atomic E-state index is 12.6. The van der Waals surface area contributed by atoms with Crippen molar-refractivity contribution in [2.45, 2.75) is 32.2 Å². The van der Waals surface area contributed by atoms with Crippen LogP contribution >= 0.6 is 0 Å². The van der Waals surface area contributed by atoms with E-state index >= 15 is 0 Å². The molecule has 3 heterocycles. The number of urea groups is 1. The van der Waals surface area contributed by atoms with Crippen molar-refractivity contribution in [1.82, 2.24) is 20.2 Å². The standard InChI is InChI=1S/C17H27N5O2/c1-2-21(11-14-6-10-24-13-14)17(23)20-15-5-3-9-22(12-15)16-18-7-4-8-19-16/h4,7-8,14-15H,2-3,5-6,9-13H2,1H3,(H,20,23)/t14-,15+/m0/s1. The fourth-order valence-electron chi connectivity index (χ4n) is 3.39. The normalized spacial score (nSPS) is 24.0. The minimum absolute atomic E-state index is 0.0326. The van der Waals surface area contributed by atoms with Crippen LogP contribution in [0.5, 0.6) is 0 Å². The number of aromatic nitrogens is 2. The van der Waals surface area contributed by atoms with Crippen LogP contribution in [0.4, 0.5) is 10.7 Å². The van der Waals surface area contributed by atoms with Gasteiger partial charge in [-0.15, -0.1) is 0 Å². The number of rotatable bonds is 5. The molecule has 2 saturated heterocycles. The summed E-state index contributed by atoms with van der Waals surface area (Å²) in [6.45, 7) is 6.82. The quantitative estimate of drug-likeness (QED) is 0.884. The zero-order valence-corrected chi connectivity index (χ0v) is 14.4. The lowest BCUT2D eigenvalue weighted by atomic mass is 10.1. The summed E-state index contributed by atoms with van der Waals surface area (Å²) in [5.41, 5.74) is 0. The van der Waals surface area contributed by atoms with E-state index in [2.05, 4.69) is 20.2 Å². The van der Waals surface area contributed by atoms with Crippen LogP contribution in [-0.2, 0) is 4.74 Å². The lowest BCUT2D eigenvalue weighted by Crippen LogP contribution is -2.52. The highest BCUT2D eigenvalue weighted by molar-refractivity contribution is 5.74. The van der Waals surface area contributed by atoms with Crippen LogP contribution in [0.15, 0.2) is 18.5 Å². The zero-order chi connectivity index (χ0) is 16.8. The van der Waals surface area contributed by atoms with Gasteiger partial charge >= 0.3 is 6.03 Å². The van der Waals surface area contributed by atoms with Gasteiger partial charge in [0.05, 0.1) is 6.61 Å². The number of piperidine rings is 1. The van der Waals surface area contributed by atoms with Gasteiger partial charge in [0.2, 0.25) is 5.95 Å². The molecule has 1 aromatic heterocycles. The summed E-state index contributed by atoms with van der Waals surface area (Å²) in [6.07, 6.45) is 6.59. The van der Waals surface area contributed by atoms with Gasteiger partial charge in [-0.1, -0.05) is 0 Å². The highest BCUT2D eigenvalue weighted by atomic mass is 16.5. The van der Waals surface area contributed by atoms with Gasteiger partial charge in [0, 0.05) is 57.1 Å². The Labute approximate surface area is 143 Å². The highest BCUT2D eigenvalue weighted by Gasteiger charge is 2.26. The SMILES string of the molecule is CCN(C[C@@H]1CCOC1)C(=O)N[C@@H]1CCCN(c2ncccn2)C1. The van der Waals surface area contributed by atoms with Crippen molar-refractivity contribution in [3.8, 4) is 0 Å². The second-order valence-corrected chi connectivity index (χ2v) is 6.55. The van der Waals surface area contributed by atoms with E-state index in [9.17, 15) is 4.79 Å². The van der Waals surface area contributed by atoms with Gasteiger partial charge in [0.25, 0.3) is 0 Å². The highest BCUT2D eigenvalue weighted by Crippen LogP contribution is 2.17. The minimum atomic E-state index is 0.0326. The van der Waals surface area contributed by atoms with Gasteiger partial charge in [-0.25, -0.2) is 14.8 Å². The van der Waals surface area contributed by atoms with Gasteiger partial charge in [-0.3, -0.25) is 0 Å². The molecule has 0 aromatic carbocycles. The second kappa shape index (κ2) is 8.28. The molecule has 132 valence electrons. The number of amides is 2. The van der Waals surface area contributed by atoms with Crippen molar-refractivity contribution >= 4 is 12.0 Å². The third-order valence-electron chi connectivity index (χ3n) is 4.76. The van der Waals surface area contributed by atoms with Crippen molar-refractivity contribution in [1.29, 1.82) is 0 Å². The van der Waals surface area contributed by atoms with Crippen LogP contribution in [-0.4, -0.2) is 66.3 Å². The minimum Gasteiger partial charge on any atom is -0.381 e. The number of nitrogens with zero attached hydrogens (tertiary/aromatic N) is 4. The first-order valence-corrected chi connectivity index (χ1v) is 8.91. The van der Waals surface area contributed by atoms with Gasteiger partial charge in [0.1, 0.15) is 0 Å². The third-order valence-corrected chi connectivity index (χ3v) is 4.76. The Morgan fingerprint density at radius 3 is 2.96 bits per heavy atom. The summed E-state index contributed by atoms with van der Waals surface area (Å²) in [5.74, 6) is 1.21. The Balaban J connectivity index is 1.52. The van der Waals surface area contributed by atoms with E-state index in [1.54, 1.807) is 12.4 Å². The first-order chi connectivity index (χ1) is 11.8. The van der Waals surface area contributed by atoms with E-state index < -0.39 is 0 Å². The van der Waals surface area contributed by atoms with Crippen LogP contribution in [0.2, 0.25) is 0 Å². The maximum Gasteiger partial charge on any atom is 0.317 e. The summed E-state index contributed by atoms with van der Waals surface area (Å²) in [6, 6.07) is 1.99. The molecule has 0 radical (unpaired) electrons. The van der Waals surface area contributed by atoms with Crippen molar-refractivity contribution in [2.24, 2.45) is 5.92 Å². The topological polar surface area (TPSA) is 70.6 Å². The second-order valence-electron chi connectivity index (χ2n) is 6.55. The van der Waals surface area contributed by atoms with Crippen LogP contribution < -0.4 is 10.2 Å². The number of hydrogen-bond acceptors (Lipinski definition) is 5. The fraction of sp³-hybridized carbons (Fsp3) is 0.706. The number of anilines is 1. The molecule has 2 amide bonds. The summed E-state index contributed by atoms with van der Waals surface area (Å²) >= 11 is 0. The molecule has 2 aliphatic rings. The average molecular weight is 333 g/mol. The Morgan fingerprint density at radius 2 is 2.25 bits per heavy atom. The number of hydrogen-bond donors (Lipinski definition) is 1. The number of carbonyl (C=O) groups excluding carboxylic acids is 1. The van der Waals surface area contributed by atoms with E-state index in [-0.39, 0.29) is 12.1 Å². The largest absolute Gasteiger partial charge is 0.381 e. The Kier molecular flexibility index (Phi) is 5.85. The predicted octanol–water partition coefficient (Wildman–Crippen LogP) is 1.51. The fourth-order valence-corrected chi connectivity index (χ4v) is 3.39. The van der Waals surface area contributed by atoms with E-state index in [0.29, 0.717) is 5.92 Å². The molecule has 1 N–H and O–H groups in total. The average Bonchev–Trinajstić information content (AvgIpc) is 3.14. The number of carbonyl (C=O) groups is 1. The molecule has 0 spiro atoms. The summed E-state index contributed by atoms with van der Waals surface area (Å²) < 4.78 is 5.42. The lowest BCUT2D eigenvalue weighted by Gasteiger charge is -2.34. The third kappa shape index (κ3) is 4.35. The van der Waals surface area contributed by atoms with Crippen LogP contribution in [0.25, 0.3) is 0 Å². The molecule has 2 aliphatic heterocycles. The van der Waals surface area contributed by atoms with Crippen LogP contribution in [0.1, 0.15) is 26.2 Å². The maximum absolute atomic E-state index is 12.6.